The Morgan fingerprint density at radius 1 is 0.765 bits per heavy atom. The van der Waals surface area contributed by atoms with Gasteiger partial charge >= 0.3 is 0 Å². The first-order chi connectivity index (χ1) is 8.29. The topological polar surface area (TPSA) is 0 Å². The summed E-state index contributed by atoms with van der Waals surface area (Å²) in [5, 5.41) is 0. The van der Waals surface area contributed by atoms with E-state index in [1.807, 2.05) is 34.6 Å². The van der Waals surface area contributed by atoms with Crippen LogP contribution in [0.4, 0.5) is 0 Å². The molecule has 17 heavy (non-hydrogen) atoms. The van der Waals surface area contributed by atoms with Gasteiger partial charge in [-0.15, -0.1) is 6.58 Å². The first-order valence-corrected chi connectivity index (χ1v) is 7.17. The largest absolute Gasteiger partial charge is 0.103 e. The average Bonchev–Trinajstić information content (AvgIpc) is 2.44. The molecular formula is C17H34. The van der Waals surface area contributed by atoms with E-state index in [9.17, 15) is 0 Å². The van der Waals surface area contributed by atoms with Gasteiger partial charge < -0.3 is 0 Å². The van der Waals surface area contributed by atoms with E-state index in [2.05, 4.69) is 32.6 Å². The number of hydrogen-bond donors (Lipinski definition) is 0. The molecule has 1 fully saturated rings. The van der Waals surface area contributed by atoms with Crippen LogP contribution in [0.3, 0.4) is 0 Å². The van der Waals surface area contributed by atoms with Crippen LogP contribution < -0.4 is 0 Å². The van der Waals surface area contributed by atoms with Crippen molar-refractivity contribution >= 4 is 0 Å². The van der Waals surface area contributed by atoms with E-state index in [1.165, 1.54) is 25.7 Å². The molecule has 1 aliphatic carbocycles. The lowest BCUT2D eigenvalue weighted by Crippen LogP contribution is -1.97. The van der Waals surface area contributed by atoms with Crippen LogP contribution >= 0.6 is 0 Å². The van der Waals surface area contributed by atoms with Gasteiger partial charge in [-0.25, -0.2) is 0 Å². The molecule has 1 aliphatic rings. The first kappa shape index (κ1) is 21.5. The summed E-state index contributed by atoms with van der Waals surface area (Å²) >= 11 is 0. The van der Waals surface area contributed by atoms with Gasteiger partial charge in [0.2, 0.25) is 0 Å². The molecule has 0 aromatic rings. The van der Waals surface area contributed by atoms with Crippen molar-refractivity contribution in [1.82, 2.24) is 0 Å². The smallest absolute Gasteiger partial charge is 0.0279 e. The fourth-order valence-corrected chi connectivity index (χ4v) is 1.61. The van der Waals surface area contributed by atoms with Gasteiger partial charge in [-0.3, -0.25) is 0 Å². The molecule has 0 heterocycles. The van der Waals surface area contributed by atoms with E-state index in [4.69, 9.17) is 0 Å². The van der Waals surface area contributed by atoms with Crippen LogP contribution in [0.1, 0.15) is 74.1 Å². The van der Waals surface area contributed by atoms with E-state index >= 15 is 0 Å². The molecule has 0 bridgehead atoms. The van der Waals surface area contributed by atoms with E-state index in [0.29, 0.717) is 0 Å². The standard InChI is InChI=1S/C10H16.C3H6.2C2H6/c1-3-9-7-5-6-8-10(9)4-2;1-3-2;2*1-2/h3-4H,5-8H2,1-2H3;3H,1H2,2H3;2*1-2H3/b9-3-,10-4-;;;. The highest BCUT2D eigenvalue weighted by atomic mass is 14.1. The molecule has 0 atom stereocenters. The summed E-state index contributed by atoms with van der Waals surface area (Å²) in [7, 11) is 0. The molecule has 0 unspecified atom stereocenters. The van der Waals surface area contributed by atoms with Crippen molar-refractivity contribution in [3.05, 3.63) is 36.0 Å². The Labute approximate surface area is 111 Å². The fourth-order valence-electron chi connectivity index (χ4n) is 1.61. The zero-order valence-electron chi connectivity index (χ0n) is 13.3. The molecule has 102 valence electrons. The molecule has 0 spiro atoms. The van der Waals surface area contributed by atoms with Crippen molar-refractivity contribution < 1.29 is 0 Å². The summed E-state index contributed by atoms with van der Waals surface area (Å²) in [4.78, 5) is 0. The van der Waals surface area contributed by atoms with Crippen molar-refractivity contribution in [2.24, 2.45) is 0 Å². The van der Waals surface area contributed by atoms with Gasteiger partial charge in [0.25, 0.3) is 0 Å². The van der Waals surface area contributed by atoms with E-state index in [-0.39, 0.29) is 0 Å². The third kappa shape index (κ3) is 13.2. The second-order valence-corrected chi connectivity index (χ2v) is 3.24. The van der Waals surface area contributed by atoms with E-state index < -0.39 is 0 Å². The SMILES string of the molecule is C/C=C1/CCCC/C1=C/C.C=CC.CC.CC. The number of hydrogen-bond acceptors (Lipinski definition) is 0. The Bertz CT molecular complexity index is 174. The zero-order valence-corrected chi connectivity index (χ0v) is 13.3. The van der Waals surface area contributed by atoms with Gasteiger partial charge in [0.1, 0.15) is 0 Å². The Balaban J connectivity index is -0.000000239. The van der Waals surface area contributed by atoms with Crippen LogP contribution in [0.5, 0.6) is 0 Å². The van der Waals surface area contributed by atoms with Crippen molar-refractivity contribution in [1.29, 1.82) is 0 Å². The average molecular weight is 238 g/mol. The summed E-state index contributed by atoms with van der Waals surface area (Å²) in [6.07, 6.45) is 11.6. The maximum atomic E-state index is 3.36. The van der Waals surface area contributed by atoms with Crippen LogP contribution in [0.25, 0.3) is 0 Å². The summed E-state index contributed by atoms with van der Waals surface area (Å²) < 4.78 is 0. The van der Waals surface area contributed by atoms with Crippen molar-refractivity contribution in [2.45, 2.75) is 74.1 Å². The molecule has 0 aromatic carbocycles. The van der Waals surface area contributed by atoms with Crippen LogP contribution in [0, 0.1) is 0 Å². The van der Waals surface area contributed by atoms with Gasteiger partial charge in [-0.05, 0) is 57.6 Å². The quantitative estimate of drug-likeness (QED) is 0.412. The maximum Gasteiger partial charge on any atom is -0.0279 e. The summed E-state index contributed by atoms with van der Waals surface area (Å²) in [6.45, 7) is 17.5. The molecule has 0 aromatic heterocycles. The maximum absolute atomic E-state index is 3.36. The molecule has 1 saturated carbocycles. The zero-order chi connectivity index (χ0) is 14.1. The number of allylic oxidation sites excluding steroid dienone is 5. The predicted molar refractivity (Wildman–Crippen MR) is 84.5 cm³/mol. The Hall–Kier alpha value is -0.780. The summed E-state index contributed by atoms with van der Waals surface area (Å²) in [5.74, 6) is 0. The third-order valence-electron chi connectivity index (χ3n) is 2.25. The van der Waals surface area contributed by atoms with Crippen molar-refractivity contribution in [2.75, 3.05) is 0 Å². The molecule has 0 saturated heterocycles. The normalized spacial score (nSPS) is 17.8. The van der Waals surface area contributed by atoms with Crippen LogP contribution in [-0.4, -0.2) is 0 Å². The molecule has 0 aliphatic heterocycles. The van der Waals surface area contributed by atoms with Gasteiger partial charge in [0, 0.05) is 0 Å². The van der Waals surface area contributed by atoms with Crippen LogP contribution in [0.2, 0.25) is 0 Å². The summed E-state index contributed by atoms with van der Waals surface area (Å²) in [6, 6.07) is 0. The highest BCUT2D eigenvalue weighted by Gasteiger charge is 2.08. The fraction of sp³-hybridized carbons (Fsp3) is 0.647. The van der Waals surface area contributed by atoms with Gasteiger partial charge in [-0.2, -0.15) is 0 Å². The molecule has 0 amide bonds. The van der Waals surface area contributed by atoms with Crippen LogP contribution in [-0.2, 0) is 0 Å². The van der Waals surface area contributed by atoms with Crippen molar-refractivity contribution in [3.8, 4) is 0 Å². The van der Waals surface area contributed by atoms with Crippen LogP contribution in [0.15, 0.2) is 36.0 Å². The second kappa shape index (κ2) is 20.6. The minimum absolute atomic E-state index is 1.30. The Kier molecular flexibility index (Phi) is 26.1. The number of rotatable bonds is 0. The summed E-state index contributed by atoms with van der Waals surface area (Å²) in [5.41, 5.74) is 3.16. The minimum atomic E-state index is 1.30. The Morgan fingerprint density at radius 2 is 1.00 bits per heavy atom. The van der Waals surface area contributed by atoms with Crippen molar-refractivity contribution in [3.63, 3.8) is 0 Å². The van der Waals surface area contributed by atoms with Gasteiger partial charge in [0.15, 0.2) is 0 Å². The molecule has 0 nitrogen and oxygen atoms in total. The molecule has 1 rings (SSSR count). The third-order valence-corrected chi connectivity index (χ3v) is 2.25. The van der Waals surface area contributed by atoms with E-state index in [1.54, 1.807) is 17.2 Å². The lowest BCUT2D eigenvalue weighted by Gasteiger charge is -2.16. The van der Waals surface area contributed by atoms with E-state index in [0.717, 1.165) is 0 Å². The molecule has 0 heteroatoms. The van der Waals surface area contributed by atoms with Gasteiger partial charge in [-0.1, -0.05) is 45.9 Å². The molecular weight excluding hydrogens is 204 g/mol. The minimum Gasteiger partial charge on any atom is -0.103 e. The highest BCUT2D eigenvalue weighted by molar-refractivity contribution is 5.31. The predicted octanol–water partition coefficient (Wildman–Crippen LogP) is 6.70. The monoisotopic (exact) mass is 238 g/mol. The first-order valence-electron chi connectivity index (χ1n) is 7.17. The van der Waals surface area contributed by atoms with Gasteiger partial charge in [0.05, 0.1) is 0 Å². The Morgan fingerprint density at radius 3 is 1.18 bits per heavy atom. The molecule has 0 radical (unpaired) electrons. The second-order valence-electron chi connectivity index (χ2n) is 3.24. The lowest BCUT2D eigenvalue weighted by atomic mass is 9.89. The molecule has 0 N–H and O–H groups in total. The highest BCUT2D eigenvalue weighted by Crippen LogP contribution is 2.27. The lowest BCUT2D eigenvalue weighted by molar-refractivity contribution is 0.677.